The second-order valence-corrected chi connectivity index (χ2v) is 8.78. The van der Waals surface area contributed by atoms with Gasteiger partial charge in [-0.25, -0.2) is 8.42 Å². The molecule has 2 rings (SSSR count). The molecule has 2 aromatic rings. The van der Waals surface area contributed by atoms with Gasteiger partial charge in [-0.3, -0.25) is 14.3 Å². The van der Waals surface area contributed by atoms with Gasteiger partial charge in [0.15, 0.2) is 15.9 Å². The summed E-state index contributed by atoms with van der Waals surface area (Å²) in [4.78, 5) is 24.4. The second kappa shape index (κ2) is 8.55. The lowest BCUT2D eigenvalue weighted by Crippen LogP contribution is -2.30. The summed E-state index contributed by atoms with van der Waals surface area (Å²) in [6.45, 7) is 6.86. The van der Waals surface area contributed by atoms with Crippen LogP contribution in [-0.4, -0.2) is 41.9 Å². The molecule has 0 bridgehead atoms. The summed E-state index contributed by atoms with van der Waals surface area (Å²) in [5.74, 6) is -1.64. The summed E-state index contributed by atoms with van der Waals surface area (Å²) in [5.41, 5.74) is 2.93. The number of carbonyl (C=O) groups excluding carboxylic acids is 2. The molecule has 1 atom stereocenters. The number of nitrogens with zero attached hydrogens (tertiary/aromatic N) is 2. The van der Waals surface area contributed by atoms with Crippen molar-refractivity contribution in [3.05, 3.63) is 41.2 Å². The van der Waals surface area contributed by atoms with Gasteiger partial charge >= 0.3 is 5.97 Å². The minimum absolute atomic E-state index is 0.152. The predicted molar refractivity (Wildman–Crippen MR) is 105 cm³/mol. The molecule has 0 spiro atoms. The van der Waals surface area contributed by atoms with Crippen molar-refractivity contribution in [2.75, 3.05) is 11.1 Å². The van der Waals surface area contributed by atoms with Crippen molar-refractivity contribution in [1.29, 1.82) is 0 Å². The Morgan fingerprint density at radius 3 is 2.32 bits per heavy atom. The van der Waals surface area contributed by atoms with Crippen molar-refractivity contribution < 1.29 is 22.7 Å². The minimum atomic E-state index is -3.60. The fraction of sp³-hybridized carbons (Fsp3) is 0.421. The molecule has 0 saturated heterocycles. The summed E-state index contributed by atoms with van der Waals surface area (Å²) in [6.07, 6.45) is -1.40. The van der Waals surface area contributed by atoms with Crippen molar-refractivity contribution >= 4 is 27.4 Å². The maximum atomic E-state index is 12.3. The van der Waals surface area contributed by atoms with Crippen LogP contribution in [0.15, 0.2) is 29.2 Å². The molecule has 9 heteroatoms. The molecule has 8 nitrogen and oxygen atoms in total. The lowest BCUT2D eigenvalue weighted by atomic mass is 10.2. The van der Waals surface area contributed by atoms with E-state index in [1.165, 1.54) is 19.1 Å². The molecule has 28 heavy (non-hydrogen) atoms. The molecule has 1 amide bonds. The van der Waals surface area contributed by atoms with E-state index in [2.05, 4.69) is 10.4 Å². The number of carbonyl (C=O) groups is 2. The number of anilines is 1. The Balaban J connectivity index is 1.91. The number of aryl methyl sites for hydroxylation is 3. The zero-order chi connectivity index (χ0) is 21.1. The molecule has 0 unspecified atom stereocenters. The zero-order valence-corrected chi connectivity index (χ0v) is 17.5. The van der Waals surface area contributed by atoms with Crippen molar-refractivity contribution in [3.8, 4) is 0 Å². The molecule has 0 fully saturated rings. The highest BCUT2D eigenvalue weighted by molar-refractivity contribution is 7.91. The third kappa shape index (κ3) is 5.19. The number of sulfone groups is 1. The van der Waals surface area contributed by atoms with Crippen molar-refractivity contribution in [1.82, 2.24) is 9.78 Å². The highest BCUT2D eigenvalue weighted by Gasteiger charge is 2.22. The lowest BCUT2D eigenvalue weighted by Gasteiger charge is -2.14. The molecule has 0 aliphatic carbocycles. The highest BCUT2D eigenvalue weighted by Crippen LogP contribution is 2.19. The quantitative estimate of drug-likeness (QED) is 0.704. The maximum absolute atomic E-state index is 12.3. The normalized spacial score (nSPS) is 12.5. The topological polar surface area (TPSA) is 107 Å². The van der Waals surface area contributed by atoms with E-state index in [9.17, 15) is 18.0 Å². The summed E-state index contributed by atoms with van der Waals surface area (Å²) < 4.78 is 31.3. The van der Waals surface area contributed by atoms with Crippen LogP contribution in [0, 0.1) is 20.8 Å². The van der Waals surface area contributed by atoms with Gasteiger partial charge in [0.1, 0.15) is 0 Å². The monoisotopic (exact) mass is 407 g/mol. The Bertz CT molecular complexity index is 978. The molecule has 152 valence electrons. The first-order valence-corrected chi connectivity index (χ1v) is 10.5. The van der Waals surface area contributed by atoms with E-state index in [1.807, 2.05) is 13.8 Å². The third-order valence-electron chi connectivity index (χ3n) is 4.39. The first-order valence-electron chi connectivity index (χ1n) is 8.81. The van der Waals surface area contributed by atoms with Gasteiger partial charge in [0.05, 0.1) is 34.1 Å². The Labute approximate surface area is 164 Å². The van der Waals surface area contributed by atoms with E-state index in [-0.39, 0.29) is 17.1 Å². The fourth-order valence-corrected chi connectivity index (χ4v) is 3.79. The van der Waals surface area contributed by atoms with Gasteiger partial charge in [0.25, 0.3) is 5.91 Å². The first-order chi connectivity index (χ1) is 13.0. The zero-order valence-electron chi connectivity index (χ0n) is 16.6. The van der Waals surface area contributed by atoms with Crippen LogP contribution in [0.3, 0.4) is 0 Å². The van der Waals surface area contributed by atoms with E-state index in [0.29, 0.717) is 11.4 Å². The smallest absolute Gasteiger partial charge is 0.307 e. The first kappa shape index (κ1) is 21.6. The Hall–Kier alpha value is -2.68. The number of esters is 1. The molecule has 0 aliphatic heterocycles. The van der Waals surface area contributed by atoms with Crippen LogP contribution in [0.4, 0.5) is 5.69 Å². The number of nitrogens with one attached hydrogen (secondary N) is 1. The third-order valence-corrected chi connectivity index (χ3v) is 6.12. The average molecular weight is 407 g/mol. The van der Waals surface area contributed by atoms with Gasteiger partial charge in [-0.2, -0.15) is 5.10 Å². The molecular weight excluding hydrogens is 382 g/mol. The standard InChI is InChI=1S/C19H25N3O5S/c1-12-6-8-16(9-7-12)28(25,26)11-10-17(23)27-15(4)19(24)20-18-13(2)21-22(5)14(18)3/h6-9,15H,10-11H2,1-5H3,(H,20,24)/t15-/m0/s1. The van der Waals surface area contributed by atoms with E-state index < -0.39 is 27.8 Å². The molecule has 1 aromatic heterocycles. The Morgan fingerprint density at radius 1 is 1.18 bits per heavy atom. The van der Waals surface area contributed by atoms with Crippen molar-refractivity contribution in [2.45, 2.75) is 45.1 Å². The lowest BCUT2D eigenvalue weighted by molar-refractivity contribution is -0.152. The molecule has 1 aromatic carbocycles. The summed E-state index contributed by atoms with van der Waals surface area (Å²) in [5, 5.41) is 6.89. The molecule has 0 saturated carbocycles. The van der Waals surface area contributed by atoms with Crippen LogP contribution in [0.25, 0.3) is 0 Å². The SMILES string of the molecule is Cc1ccc(S(=O)(=O)CCC(=O)O[C@@H](C)C(=O)Nc2c(C)nn(C)c2C)cc1. The van der Waals surface area contributed by atoms with Gasteiger partial charge in [-0.15, -0.1) is 0 Å². The molecular formula is C19H25N3O5S. The van der Waals surface area contributed by atoms with Crippen LogP contribution in [-0.2, 0) is 31.2 Å². The Morgan fingerprint density at radius 2 is 1.79 bits per heavy atom. The van der Waals surface area contributed by atoms with Gasteiger partial charge < -0.3 is 10.1 Å². The van der Waals surface area contributed by atoms with Crippen LogP contribution < -0.4 is 5.32 Å². The van der Waals surface area contributed by atoms with E-state index >= 15 is 0 Å². The van der Waals surface area contributed by atoms with Crippen LogP contribution in [0.5, 0.6) is 0 Å². The predicted octanol–water partition coefficient (Wildman–Crippen LogP) is 2.08. The second-order valence-electron chi connectivity index (χ2n) is 6.67. The van der Waals surface area contributed by atoms with Crippen molar-refractivity contribution in [2.24, 2.45) is 7.05 Å². The number of benzene rings is 1. The largest absolute Gasteiger partial charge is 0.453 e. The van der Waals surface area contributed by atoms with Gasteiger partial charge in [0.2, 0.25) is 0 Å². The number of hydrogen-bond donors (Lipinski definition) is 1. The number of rotatable bonds is 7. The van der Waals surface area contributed by atoms with Gasteiger partial charge in [-0.05, 0) is 39.8 Å². The summed E-state index contributed by atoms with van der Waals surface area (Å²) >= 11 is 0. The van der Waals surface area contributed by atoms with Crippen molar-refractivity contribution in [3.63, 3.8) is 0 Å². The molecule has 1 heterocycles. The van der Waals surface area contributed by atoms with E-state index in [0.717, 1.165) is 11.3 Å². The summed E-state index contributed by atoms with van der Waals surface area (Å²) in [7, 11) is -1.84. The van der Waals surface area contributed by atoms with Crippen LogP contribution in [0.1, 0.15) is 30.3 Å². The number of amides is 1. The van der Waals surface area contributed by atoms with Gasteiger partial charge in [-0.1, -0.05) is 17.7 Å². The molecule has 0 aliphatic rings. The average Bonchev–Trinajstić information content (AvgIpc) is 2.86. The van der Waals surface area contributed by atoms with Crippen LogP contribution in [0.2, 0.25) is 0 Å². The highest BCUT2D eigenvalue weighted by atomic mass is 32.2. The minimum Gasteiger partial charge on any atom is -0.453 e. The number of aromatic nitrogens is 2. The molecule has 0 radical (unpaired) electrons. The van der Waals surface area contributed by atoms with Gasteiger partial charge in [0, 0.05) is 7.05 Å². The van der Waals surface area contributed by atoms with E-state index in [1.54, 1.807) is 30.8 Å². The maximum Gasteiger partial charge on any atom is 0.307 e. The Kier molecular flexibility index (Phi) is 6.60. The fourth-order valence-electron chi connectivity index (χ4n) is 2.57. The summed E-state index contributed by atoms with van der Waals surface area (Å²) in [6, 6.07) is 6.40. The number of ether oxygens (including phenoxy) is 1. The van der Waals surface area contributed by atoms with Crippen LogP contribution >= 0.6 is 0 Å². The number of hydrogen-bond acceptors (Lipinski definition) is 6. The molecule has 1 N–H and O–H groups in total. The van der Waals surface area contributed by atoms with E-state index in [4.69, 9.17) is 4.74 Å².